The van der Waals surface area contributed by atoms with Crippen LogP contribution >= 0.6 is 11.8 Å². The summed E-state index contributed by atoms with van der Waals surface area (Å²) in [5.41, 5.74) is 2.18. The summed E-state index contributed by atoms with van der Waals surface area (Å²) < 4.78 is 1.68. The largest absolute Gasteiger partial charge is 0.353 e. The maximum atomic E-state index is 12.2. The van der Waals surface area contributed by atoms with Gasteiger partial charge in [0.25, 0.3) is 0 Å². The van der Waals surface area contributed by atoms with E-state index in [2.05, 4.69) is 46.8 Å². The molecule has 0 aliphatic heterocycles. The number of nitrogens with one attached hydrogen (secondary N) is 1. The van der Waals surface area contributed by atoms with E-state index in [1.807, 2.05) is 12.1 Å². The molecule has 2 aromatic rings. The quantitative estimate of drug-likeness (QED) is 0.801. The van der Waals surface area contributed by atoms with Crippen LogP contribution in [0.2, 0.25) is 0 Å². The average molecular weight is 359 g/mol. The molecule has 0 saturated heterocycles. The first-order valence-electron chi connectivity index (χ1n) is 8.94. The van der Waals surface area contributed by atoms with E-state index in [0.717, 1.165) is 18.5 Å². The lowest BCUT2D eigenvalue weighted by Gasteiger charge is -2.22. The summed E-state index contributed by atoms with van der Waals surface area (Å²) in [6, 6.07) is 8.54. The molecule has 6 nitrogen and oxygen atoms in total. The van der Waals surface area contributed by atoms with Gasteiger partial charge in [0.2, 0.25) is 11.1 Å². The minimum Gasteiger partial charge on any atom is -0.353 e. The molecule has 1 amide bonds. The van der Waals surface area contributed by atoms with Gasteiger partial charge in [-0.05, 0) is 46.9 Å². The van der Waals surface area contributed by atoms with Crippen LogP contribution in [0.5, 0.6) is 0 Å². The third kappa shape index (κ3) is 4.81. The van der Waals surface area contributed by atoms with Crippen molar-refractivity contribution in [3.8, 4) is 5.69 Å². The molecule has 7 heteroatoms. The fourth-order valence-corrected chi connectivity index (χ4v) is 3.78. The molecule has 0 atom stereocenters. The highest BCUT2D eigenvalue weighted by Gasteiger charge is 2.17. The third-order valence-corrected chi connectivity index (χ3v) is 5.47. The first-order valence-corrected chi connectivity index (χ1v) is 9.93. The minimum absolute atomic E-state index is 0.0570. The van der Waals surface area contributed by atoms with Gasteiger partial charge in [-0.3, -0.25) is 4.79 Å². The summed E-state index contributed by atoms with van der Waals surface area (Å²) in [7, 11) is 0. The Kier molecular flexibility index (Phi) is 6.07. The summed E-state index contributed by atoms with van der Waals surface area (Å²) in [6.07, 6.45) is 5.89. The van der Waals surface area contributed by atoms with Gasteiger partial charge in [0.15, 0.2) is 0 Å². The number of hydrogen-bond acceptors (Lipinski definition) is 5. The number of thioether (sulfide) groups is 1. The summed E-state index contributed by atoms with van der Waals surface area (Å²) in [5, 5.41) is 15.6. The molecule has 1 aliphatic rings. The van der Waals surface area contributed by atoms with Crippen LogP contribution in [-0.4, -0.2) is 37.9 Å². The monoisotopic (exact) mass is 359 g/mol. The van der Waals surface area contributed by atoms with Crippen molar-refractivity contribution in [3.63, 3.8) is 0 Å². The molecule has 0 unspecified atom stereocenters. The lowest BCUT2D eigenvalue weighted by molar-refractivity contribution is -0.119. The second-order valence-electron chi connectivity index (χ2n) is 6.81. The summed E-state index contributed by atoms with van der Waals surface area (Å²) in [6.45, 7) is 4.33. The van der Waals surface area contributed by atoms with Gasteiger partial charge in [-0.2, -0.15) is 4.68 Å². The van der Waals surface area contributed by atoms with Crippen molar-refractivity contribution in [1.82, 2.24) is 25.5 Å². The molecule has 1 fully saturated rings. The van der Waals surface area contributed by atoms with E-state index in [4.69, 9.17) is 0 Å². The molecule has 0 bridgehead atoms. The number of aromatic nitrogens is 4. The Morgan fingerprint density at radius 3 is 2.64 bits per heavy atom. The molecule has 134 valence electrons. The maximum absolute atomic E-state index is 12.2. The number of benzene rings is 1. The molecular weight excluding hydrogens is 334 g/mol. The highest BCUT2D eigenvalue weighted by Crippen LogP contribution is 2.21. The van der Waals surface area contributed by atoms with Gasteiger partial charge in [0, 0.05) is 6.04 Å². The summed E-state index contributed by atoms with van der Waals surface area (Å²) in [5.74, 6) is 0.878. The van der Waals surface area contributed by atoms with E-state index < -0.39 is 0 Å². The standard InChI is InChI=1S/C18H25N5OS/c1-13(2)14-8-10-16(11-9-14)23-18(20-21-22-23)25-12-17(24)19-15-6-4-3-5-7-15/h8-11,13,15H,3-7,12H2,1-2H3,(H,19,24). The summed E-state index contributed by atoms with van der Waals surface area (Å²) in [4.78, 5) is 12.2. The first-order chi connectivity index (χ1) is 12.1. The van der Waals surface area contributed by atoms with Crippen LogP contribution in [0.15, 0.2) is 29.4 Å². The Bertz CT molecular complexity index is 692. The van der Waals surface area contributed by atoms with Crippen LogP contribution in [0.4, 0.5) is 0 Å². The van der Waals surface area contributed by atoms with E-state index in [1.54, 1.807) is 4.68 Å². The Balaban J connectivity index is 1.58. The van der Waals surface area contributed by atoms with E-state index >= 15 is 0 Å². The lowest BCUT2D eigenvalue weighted by atomic mass is 9.95. The Morgan fingerprint density at radius 1 is 1.24 bits per heavy atom. The van der Waals surface area contributed by atoms with Gasteiger partial charge >= 0.3 is 0 Å². The number of carbonyl (C=O) groups is 1. The van der Waals surface area contributed by atoms with Crippen molar-refractivity contribution >= 4 is 17.7 Å². The predicted octanol–water partition coefficient (Wildman–Crippen LogP) is 3.33. The van der Waals surface area contributed by atoms with Crippen molar-refractivity contribution in [2.24, 2.45) is 0 Å². The van der Waals surface area contributed by atoms with Crippen molar-refractivity contribution < 1.29 is 4.79 Å². The zero-order chi connectivity index (χ0) is 17.6. The smallest absolute Gasteiger partial charge is 0.230 e. The van der Waals surface area contributed by atoms with Crippen LogP contribution in [-0.2, 0) is 4.79 Å². The van der Waals surface area contributed by atoms with E-state index in [-0.39, 0.29) is 5.91 Å². The minimum atomic E-state index is 0.0570. The van der Waals surface area contributed by atoms with Crippen LogP contribution in [0, 0.1) is 0 Å². The van der Waals surface area contributed by atoms with Crippen LogP contribution in [0.3, 0.4) is 0 Å². The second-order valence-corrected chi connectivity index (χ2v) is 7.75. The van der Waals surface area contributed by atoms with E-state index in [0.29, 0.717) is 22.9 Å². The van der Waals surface area contributed by atoms with Gasteiger partial charge < -0.3 is 5.32 Å². The molecule has 1 heterocycles. The van der Waals surface area contributed by atoms with Crippen LogP contribution < -0.4 is 5.32 Å². The van der Waals surface area contributed by atoms with Gasteiger partial charge in [-0.1, -0.05) is 57.0 Å². The van der Waals surface area contributed by atoms with Gasteiger partial charge in [-0.25, -0.2) is 0 Å². The van der Waals surface area contributed by atoms with E-state index in [9.17, 15) is 4.79 Å². The van der Waals surface area contributed by atoms with Crippen LogP contribution in [0.25, 0.3) is 5.69 Å². The van der Waals surface area contributed by atoms with Crippen LogP contribution in [0.1, 0.15) is 57.4 Å². The third-order valence-electron chi connectivity index (χ3n) is 4.55. The molecule has 0 spiro atoms. The van der Waals surface area contributed by atoms with Crippen molar-refractivity contribution in [1.29, 1.82) is 0 Å². The molecule has 1 N–H and O–H groups in total. The van der Waals surface area contributed by atoms with Gasteiger partial charge in [0.05, 0.1) is 11.4 Å². The second kappa shape index (κ2) is 8.47. The molecule has 1 aromatic heterocycles. The molecule has 0 radical (unpaired) electrons. The molecule has 1 saturated carbocycles. The van der Waals surface area contributed by atoms with Gasteiger partial charge in [0.1, 0.15) is 0 Å². The van der Waals surface area contributed by atoms with Crippen molar-refractivity contribution in [2.75, 3.05) is 5.75 Å². The molecule has 1 aromatic carbocycles. The van der Waals surface area contributed by atoms with E-state index in [1.165, 1.54) is 36.6 Å². The first kappa shape index (κ1) is 17.9. The highest BCUT2D eigenvalue weighted by molar-refractivity contribution is 7.99. The zero-order valence-electron chi connectivity index (χ0n) is 14.8. The maximum Gasteiger partial charge on any atom is 0.230 e. The topological polar surface area (TPSA) is 72.7 Å². The normalized spacial score (nSPS) is 15.5. The Labute approximate surface area is 152 Å². The zero-order valence-corrected chi connectivity index (χ0v) is 15.6. The van der Waals surface area contributed by atoms with Gasteiger partial charge in [-0.15, -0.1) is 5.10 Å². The Hall–Kier alpha value is -1.89. The number of nitrogens with zero attached hydrogens (tertiary/aromatic N) is 4. The number of tetrazole rings is 1. The number of rotatable bonds is 6. The predicted molar refractivity (Wildman–Crippen MR) is 99.0 cm³/mol. The molecule has 1 aliphatic carbocycles. The number of amides is 1. The van der Waals surface area contributed by atoms with Crippen molar-refractivity contribution in [3.05, 3.63) is 29.8 Å². The molecular formula is C18H25N5OS. The molecule has 25 heavy (non-hydrogen) atoms. The molecule has 3 rings (SSSR count). The summed E-state index contributed by atoms with van der Waals surface area (Å²) >= 11 is 1.37. The Morgan fingerprint density at radius 2 is 1.96 bits per heavy atom. The SMILES string of the molecule is CC(C)c1ccc(-n2nnnc2SCC(=O)NC2CCCCC2)cc1. The average Bonchev–Trinajstić information content (AvgIpc) is 3.09. The van der Waals surface area contributed by atoms with Crippen molar-refractivity contribution in [2.45, 2.75) is 63.1 Å². The highest BCUT2D eigenvalue weighted by atomic mass is 32.2. The number of carbonyl (C=O) groups excluding carboxylic acids is 1. The fourth-order valence-electron chi connectivity index (χ4n) is 3.08. The lowest BCUT2D eigenvalue weighted by Crippen LogP contribution is -2.37. The number of hydrogen-bond donors (Lipinski definition) is 1. The fraction of sp³-hybridized carbons (Fsp3) is 0.556.